The summed E-state index contributed by atoms with van der Waals surface area (Å²) in [6.07, 6.45) is 2.34. The predicted molar refractivity (Wildman–Crippen MR) is 46.1 cm³/mol. The minimum atomic E-state index is -0.703. The Labute approximate surface area is 70.4 Å². The maximum absolute atomic E-state index is 12.7. The third-order valence-electron chi connectivity index (χ3n) is 1.19. The molecule has 4 heteroatoms. The number of carbonyl (C=O) groups is 1. The molecule has 0 aromatic rings. The molecule has 0 atom stereocenters. The molecule has 0 rings (SSSR count). The van der Waals surface area contributed by atoms with E-state index in [1.54, 1.807) is 0 Å². The predicted octanol–water partition coefficient (Wildman–Crippen LogP) is 1.25. The van der Waals surface area contributed by atoms with Crippen LogP contribution in [0.5, 0.6) is 0 Å². The monoisotopic (exact) mass is 170 g/mol. The molecule has 0 unspecified atom stereocenters. The van der Waals surface area contributed by atoms with E-state index in [9.17, 15) is 9.18 Å². The number of primary amides is 1. The number of amides is 2. The van der Waals surface area contributed by atoms with Gasteiger partial charge in [-0.2, -0.15) is 0 Å². The quantitative estimate of drug-likeness (QED) is 0.613. The van der Waals surface area contributed by atoms with Gasteiger partial charge in [0.05, 0.1) is 0 Å². The summed E-state index contributed by atoms with van der Waals surface area (Å²) in [5.74, 6) is -0.515. The van der Waals surface area contributed by atoms with Gasteiger partial charge in [0.25, 0.3) is 0 Å². The van der Waals surface area contributed by atoms with Crippen molar-refractivity contribution >= 4 is 6.03 Å². The number of hydrogen-bond acceptors (Lipinski definition) is 1. The van der Waals surface area contributed by atoms with Crippen LogP contribution in [0, 0.1) is 0 Å². The van der Waals surface area contributed by atoms with Crippen LogP contribution in [0.3, 0.4) is 0 Å². The van der Waals surface area contributed by atoms with Crippen LogP contribution in [0.25, 0.3) is 0 Å². The molecule has 0 aliphatic rings. The van der Waals surface area contributed by atoms with E-state index < -0.39 is 11.9 Å². The molecule has 12 heavy (non-hydrogen) atoms. The van der Waals surface area contributed by atoms with Gasteiger partial charge in [-0.3, -0.25) is 0 Å². The van der Waals surface area contributed by atoms with E-state index in [2.05, 4.69) is 18.5 Å². The van der Waals surface area contributed by atoms with Gasteiger partial charge in [0.1, 0.15) is 5.83 Å². The van der Waals surface area contributed by atoms with Gasteiger partial charge in [0.2, 0.25) is 0 Å². The van der Waals surface area contributed by atoms with Crippen molar-refractivity contribution in [2.75, 3.05) is 6.54 Å². The van der Waals surface area contributed by atoms with Crippen LogP contribution in [-0.4, -0.2) is 12.6 Å². The van der Waals surface area contributed by atoms with Gasteiger partial charge in [-0.05, 0) is 6.08 Å². The van der Waals surface area contributed by atoms with Gasteiger partial charge in [-0.25, -0.2) is 9.18 Å². The molecule has 0 saturated heterocycles. The normalized spacial score (nSPS) is 11.4. The van der Waals surface area contributed by atoms with Gasteiger partial charge in [-0.1, -0.05) is 19.2 Å². The molecule has 0 saturated carbocycles. The Morgan fingerprint density at radius 2 is 2.08 bits per heavy atom. The smallest absolute Gasteiger partial charge is 0.312 e. The molecule has 2 amide bonds. The van der Waals surface area contributed by atoms with Gasteiger partial charge in [0, 0.05) is 12.1 Å². The molecule has 0 bridgehead atoms. The third-order valence-corrected chi connectivity index (χ3v) is 1.19. The highest BCUT2D eigenvalue weighted by Crippen LogP contribution is 2.06. The zero-order chi connectivity index (χ0) is 9.56. The number of nitrogens with two attached hydrogens (primary N) is 1. The second kappa shape index (κ2) is 5.12. The zero-order valence-corrected chi connectivity index (χ0v) is 6.64. The van der Waals surface area contributed by atoms with Crippen molar-refractivity contribution in [3.8, 4) is 0 Å². The minimum absolute atomic E-state index is 0.0245. The van der Waals surface area contributed by atoms with Crippen LogP contribution >= 0.6 is 0 Å². The molecule has 3 N–H and O–H groups in total. The molecule has 0 fully saturated rings. The van der Waals surface area contributed by atoms with Crippen molar-refractivity contribution < 1.29 is 9.18 Å². The van der Waals surface area contributed by atoms with Gasteiger partial charge in [-0.15, -0.1) is 0 Å². The van der Waals surface area contributed by atoms with E-state index in [0.29, 0.717) is 0 Å². The van der Waals surface area contributed by atoms with Gasteiger partial charge < -0.3 is 11.1 Å². The maximum atomic E-state index is 12.7. The topological polar surface area (TPSA) is 55.1 Å². The fourth-order valence-corrected chi connectivity index (χ4v) is 0.568. The molecule has 0 radical (unpaired) electrons. The molecule has 0 aliphatic heterocycles. The Morgan fingerprint density at radius 3 is 2.42 bits per heavy atom. The standard InChI is InChI=1S/C8H11FN2O/c1-3-6(7(9)4-2)5-11-8(10)12/h3-4H,1-2,5H2,(H3,10,11,12)/b7-6-. The largest absolute Gasteiger partial charge is 0.352 e. The summed E-state index contributed by atoms with van der Waals surface area (Å²) in [5, 5.41) is 2.23. The van der Waals surface area contributed by atoms with Crippen molar-refractivity contribution in [3.05, 3.63) is 36.7 Å². The van der Waals surface area contributed by atoms with E-state index >= 15 is 0 Å². The summed E-state index contributed by atoms with van der Waals surface area (Å²) in [4.78, 5) is 10.2. The lowest BCUT2D eigenvalue weighted by Gasteiger charge is -2.02. The number of halogens is 1. The summed E-state index contributed by atoms with van der Waals surface area (Å²) >= 11 is 0. The van der Waals surface area contributed by atoms with E-state index in [1.807, 2.05) is 0 Å². The first-order valence-electron chi connectivity index (χ1n) is 3.28. The Hall–Kier alpha value is -1.58. The second-order valence-electron chi connectivity index (χ2n) is 2.00. The second-order valence-corrected chi connectivity index (χ2v) is 2.00. The van der Waals surface area contributed by atoms with Crippen molar-refractivity contribution in [2.45, 2.75) is 0 Å². The molecular formula is C8H11FN2O. The number of urea groups is 1. The summed E-state index contributed by atoms with van der Waals surface area (Å²) in [5.41, 5.74) is 5.04. The number of hydrogen-bond donors (Lipinski definition) is 2. The average molecular weight is 170 g/mol. The highest BCUT2D eigenvalue weighted by Gasteiger charge is 1.99. The van der Waals surface area contributed by atoms with Crippen LogP contribution in [0.2, 0.25) is 0 Å². The summed E-state index contributed by atoms with van der Waals surface area (Å²) in [6.45, 7) is 6.63. The first-order chi connectivity index (χ1) is 5.61. The van der Waals surface area contributed by atoms with Gasteiger partial charge >= 0.3 is 6.03 Å². The van der Waals surface area contributed by atoms with Crippen molar-refractivity contribution in [3.63, 3.8) is 0 Å². The van der Waals surface area contributed by atoms with Crippen molar-refractivity contribution in [2.24, 2.45) is 5.73 Å². The molecule has 0 heterocycles. The highest BCUT2D eigenvalue weighted by atomic mass is 19.1. The van der Waals surface area contributed by atoms with Crippen LogP contribution in [0.4, 0.5) is 9.18 Å². The molecule has 0 aromatic heterocycles. The van der Waals surface area contributed by atoms with Gasteiger partial charge in [0.15, 0.2) is 0 Å². The lowest BCUT2D eigenvalue weighted by atomic mass is 10.2. The van der Waals surface area contributed by atoms with E-state index in [-0.39, 0.29) is 12.1 Å². The minimum Gasteiger partial charge on any atom is -0.352 e. The van der Waals surface area contributed by atoms with Crippen molar-refractivity contribution in [1.29, 1.82) is 0 Å². The summed E-state index contributed by atoms with van der Waals surface area (Å²) in [7, 11) is 0. The summed E-state index contributed by atoms with van der Waals surface area (Å²) in [6, 6.07) is -0.703. The number of rotatable bonds is 4. The van der Waals surface area contributed by atoms with E-state index in [4.69, 9.17) is 5.73 Å². The SMILES string of the molecule is C=C/C(F)=C(\C=C)CNC(N)=O. The molecule has 0 aromatic carbocycles. The number of carbonyl (C=O) groups excluding carboxylic acids is 1. The Balaban J connectivity index is 4.27. The molecular weight excluding hydrogens is 159 g/mol. The fraction of sp³-hybridized carbons (Fsp3) is 0.125. The van der Waals surface area contributed by atoms with Crippen LogP contribution in [0.1, 0.15) is 0 Å². The molecule has 0 spiro atoms. The lowest BCUT2D eigenvalue weighted by molar-refractivity contribution is 0.249. The average Bonchev–Trinajstić information content (AvgIpc) is 2.04. The zero-order valence-electron chi connectivity index (χ0n) is 6.64. The third kappa shape index (κ3) is 3.55. The van der Waals surface area contributed by atoms with Crippen molar-refractivity contribution in [1.82, 2.24) is 5.32 Å². The maximum Gasteiger partial charge on any atom is 0.312 e. The van der Waals surface area contributed by atoms with E-state index in [1.165, 1.54) is 6.08 Å². The van der Waals surface area contributed by atoms with Crippen LogP contribution < -0.4 is 11.1 Å². The van der Waals surface area contributed by atoms with Crippen LogP contribution in [0.15, 0.2) is 36.7 Å². The van der Waals surface area contributed by atoms with E-state index in [0.717, 1.165) is 6.08 Å². The fourth-order valence-electron chi connectivity index (χ4n) is 0.568. The van der Waals surface area contributed by atoms with Crippen LogP contribution in [-0.2, 0) is 0 Å². The Kier molecular flexibility index (Phi) is 4.45. The molecule has 0 aliphatic carbocycles. The first kappa shape index (κ1) is 10.4. The molecule has 66 valence electrons. The molecule has 3 nitrogen and oxygen atoms in total. The number of nitrogens with one attached hydrogen (secondary N) is 1. The Morgan fingerprint density at radius 1 is 1.50 bits per heavy atom. The summed E-state index contributed by atoms with van der Waals surface area (Å²) < 4.78 is 12.7. The number of allylic oxidation sites excluding steroid dienone is 2. The highest BCUT2D eigenvalue weighted by molar-refractivity contribution is 5.72. The Bertz CT molecular complexity index is 233. The lowest BCUT2D eigenvalue weighted by Crippen LogP contribution is -2.30. The first-order valence-corrected chi connectivity index (χ1v) is 3.28.